The Morgan fingerprint density at radius 3 is 3.07 bits per heavy atom. The van der Waals surface area contributed by atoms with Crippen molar-refractivity contribution < 1.29 is 4.79 Å². The summed E-state index contributed by atoms with van der Waals surface area (Å²) in [5.41, 5.74) is 0. The Morgan fingerprint density at radius 1 is 1.64 bits per heavy atom. The lowest BCUT2D eigenvalue weighted by Gasteiger charge is -1.93. The van der Waals surface area contributed by atoms with Crippen molar-refractivity contribution >= 4 is 33.0 Å². The molecule has 2 aromatic heterocycles. The van der Waals surface area contributed by atoms with Crippen LogP contribution in [0, 0.1) is 0 Å². The summed E-state index contributed by atoms with van der Waals surface area (Å²) in [4.78, 5) is 19.3. The van der Waals surface area contributed by atoms with Crippen LogP contribution in [0.5, 0.6) is 0 Å². The van der Waals surface area contributed by atoms with Crippen molar-refractivity contribution in [2.45, 2.75) is 6.42 Å². The van der Waals surface area contributed by atoms with Gasteiger partial charge in [0, 0.05) is 33.5 Å². The summed E-state index contributed by atoms with van der Waals surface area (Å²) in [5.74, 6) is 0.443. The number of aromatic nitrogens is 2. The van der Waals surface area contributed by atoms with Gasteiger partial charge in [-0.2, -0.15) is 0 Å². The normalized spacial score (nSPS) is 10.4. The number of carbonyl (C=O) groups excluding carboxylic acids is 1. The van der Waals surface area contributed by atoms with Crippen molar-refractivity contribution in [3.63, 3.8) is 0 Å². The standard InChI is InChI=1S/C9H7BrN2OS/c10-6-3-7(14-5-6)4-8(13)9-11-1-2-12-9/h1-3,5H,4H2,(H,11,12). The van der Waals surface area contributed by atoms with E-state index in [4.69, 9.17) is 0 Å². The van der Waals surface area contributed by atoms with Crippen LogP contribution < -0.4 is 0 Å². The molecule has 3 nitrogen and oxygen atoms in total. The van der Waals surface area contributed by atoms with Gasteiger partial charge in [0.15, 0.2) is 5.82 Å². The number of nitrogens with one attached hydrogen (secondary N) is 1. The fourth-order valence-corrected chi connectivity index (χ4v) is 2.56. The average molecular weight is 271 g/mol. The number of halogens is 1. The van der Waals surface area contributed by atoms with Gasteiger partial charge in [-0.25, -0.2) is 4.98 Å². The minimum atomic E-state index is 0.0179. The van der Waals surface area contributed by atoms with Crippen molar-refractivity contribution in [2.75, 3.05) is 0 Å². The fraction of sp³-hybridized carbons (Fsp3) is 0.111. The zero-order valence-electron chi connectivity index (χ0n) is 7.16. The third kappa shape index (κ3) is 2.10. The summed E-state index contributed by atoms with van der Waals surface area (Å²) >= 11 is 4.91. The van der Waals surface area contributed by atoms with E-state index in [2.05, 4.69) is 25.9 Å². The lowest BCUT2D eigenvalue weighted by Crippen LogP contribution is -2.04. The fourth-order valence-electron chi connectivity index (χ4n) is 1.11. The van der Waals surface area contributed by atoms with E-state index in [0.717, 1.165) is 9.35 Å². The molecule has 0 atom stereocenters. The molecular weight excluding hydrogens is 264 g/mol. The molecule has 2 aromatic rings. The summed E-state index contributed by atoms with van der Waals surface area (Å²) in [6.07, 6.45) is 3.64. The monoisotopic (exact) mass is 270 g/mol. The molecule has 0 bridgehead atoms. The number of ketones is 1. The summed E-state index contributed by atoms with van der Waals surface area (Å²) in [6, 6.07) is 1.95. The lowest BCUT2D eigenvalue weighted by molar-refractivity contribution is 0.0985. The summed E-state index contributed by atoms with van der Waals surface area (Å²) in [5, 5.41) is 1.96. The van der Waals surface area contributed by atoms with Crippen LogP contribution in [0.2, 0.25) is 0 Å². The maximum atomic E-state index is 11.6. The maximum Gasteiger partial charge on any atom is 0.203 e. The molecule has 0 aliphatic rings. The van der Waals surface area contributed by atoms with E-state index in [-0.39, 0.29) is 5.78 Å². The molecule has 2 rings (SSSR count). The van der Waals surface area contributed by atoms with Gasteiger partial charge < -0.3 is 4.98 Å². The van der Waals surface area contributed by atoms with E-state index < -0.39 is 0 Å². The first-order chi connectivity index (χ1) is 6.75. The van der Waals surface area contributed by atoms with Crippen LogP contribution in [0.25, 0.3) is 0 Å². The number of carbonyl (C=O) groups is 1. The molecule has 72 valence electrons. The van der Waals surface area contributed by atoms with Crippen LogP contribution in [-0.2, 0) is 6.42 Å². The van der Waals surface area contributed by atoms with Crippen LogP contribution in [0.3, 0.4) is 0 Å². The van der Waals surface area contributed by atoms with Crippen LogP contribution in [-0.4, -0.2) is 15.8 Å². The van der Waals surface area contributed by atoms with Gasteiger partial charge in [0.2, 0.25) is 5.78 Å². The van der Waals surface area contributed by atoms with Gasteiger partial charge in [-0.15, -0.1) is 11.3 Å². The third-order valence-electron chi connectivity index (χ3n) is 1.72. The predicted octanol–water partition coefficient (Wildman–Crippen LogP) is 2.66. The molecule has 0 aliphatic carbocycles. The van der Waals surface area contributed by atoms with Gasteiger partial charge in [0.25, 0.3) is 0 Å². The molecule has 5 heteroatoms. The van der Waals surface area contributed by atoms with Crippen molar-refractivity contribution in [1.82, 2.24) is 9.97 Å². The number of thiophene rings is 1. The zero-order valence-corrected chi connectivity index (χ0v) is 9.56. The topological polar surface area (TPSA) is 45.8 Å². The molecule has 0 unspecified atom stereocenters. The van der Waals surface area contributed by atoms with Crippen LogP contribution >= 0.6 is 27.3 Å². The van der Waals surface area contributed by atoms with Crippen molar-refractivity contribution in [2.24, 2.45) is 0 Å². The van der Waals surface area contributed by atoms with Gasteiger partial charge in [-0.3, -0.25) is 4.79 Å². The average Bonchev–Trinajstić information content (AvgIpc) is 2.75. The Kier molecular flexibility index (Phi) is 2.79. The Bertz CT molecular complexity index is 435. The Morgan fingerprint density at radius 2 is 2.50 bits per heavy atom. The molecule has 0 radical (unpaired) electrons. The number of hydrogen-bond donors (Lipinski definition) is 1. The van der Waals surface area contributed by atoms with Crippen molar-refractivity contribution in [3.05, 3.63) is 39.0 Å². The lowest BCUT2D eigenvalue weighted by atomic mass is 10.2. The SMILES string of the molecule is O=C(Cc1cc(Br)cs1)c1ncc[nH]1. The van der Waals surface area contributed by atoms with Crippen LogP contribution in [0.15, 0.2) is 28.3 Å². The number of hydrogen-bond acceptors (Lipinski definition) is 3. The number of nitrogens with zero attached hydrogens (tertiary/aromatic N) is 1. The van der Waals surface area contributed by atoms with E-state index in [1.165, 1.54) is 0 Å². The first-order valence-electron chi connectivity index (χ1n) is 4.01. The van der Waals surface area contributed by atoms with E-state index in [1.807, 2.05) is 11.4 Å². The second kappa shape index (κ2) is 4.06. The minimum Gasteiger partial charge on any atom is -0.342 e. The summed E-state index contributed by atoms with van der Waals surface area (Å²) in [6.45, 7) is 0. The quantitative estimate of drug-likeness (QED) is 0.872. The van der Waals surface area contributed by atoms with Crippen molar-refractivity contribution in [1.29, 1.82) is 0 Å². The number of Topliss-reactive ketones (excluding diaryl/α,β-unsaturated/α-hetero) is 1. The summed E-state index contributed by atoms with van der Waals surface area (Å²) < 4.78 is 1.02. The molecule has 0 aliphatic heterocycles. The number of rotatable bonds is 3. The number of aromatic amines is 1. The highest BCUT2D eigenvalue weighted by Crippen LogP contribution is 2.20. The van der Waals surface area contributed by atoms with Gasteiger partial charge in [0.1, 0.15) is 0 Å². The van der Waals surface area contributed by atoms with Gasteiger partial charge in [-0.05, 0) is 22.0 Å². The molecule has 14 heavy (non-hydrogen) atoms. The molecule has 2 heterocycles. The smallest absolute Gasteiger partial charge is 0.203 e. The molecule has 1 N–H and O–H groups in total. The Hall–Kier alpha value is -0.940. The largest absolute Gasteiger partial charge is 0.342 e. The van der Waals surface area contributed by atoms with E-state index in [9.17, 15) is 4.79 Å². The van der Waals surface area contributed by atoms with Gasteiger partial charge in [-0.1, -0.05) is 0 Å². The third-order valence-corrected chi connectivity index (χ3v) is 3.42. The highest BCUT2D eigenvalue weighted by atomic mass is 79.9. The highest BCUT2D eigenvalue weighted by Gasteiger charge is 2.10. The minimum absolute atomic E-state index is 0.0179. The molecule has 0 spiro atoms. The number of imidazole rings is 1. The zero-order chi connectivity index (χ0) is 9.97. The van der Waals surface area contributed by atoms with Gasteiger partial charge in [0.05, 0.1) is 0 Å². The van der Waals surface area contributed by atoms with E-state index in [0.29, 0.717) is 12.2 Å². The first kappa shape index (κ1) is 9.61. The predicted molar refractivity (Wildman–Crippen MR) is 58.6 cm³/mol. The molecular formula is C9H7BrN2OS. The molecule has 0 amide bonds. The molecule has 0 fully saturated rings. The van der Waals surface area contributed by atoms with Crippen molar-refractivity contribution in [3.8, 4) is 0 Å². The second-order valence-corrected chi connectivity index (χ2v) is 4.68. The van der Waals surface area contributed by atoms with E-state index >= 15 is 0 Å². The molecule has 0 saturated heterocycles. The van der Waals surface area contributed by atoms with Crippen LogP contribution in [0.1, 0.15) is 15.5 Å². The Balaban J connectivity index is 2.09. The van der Waals surface area contributed by atoms with Crippen LogP contribution in [0.4, 0.5) is 0 Å². The van der Waals surface area contributed by atoms with Gasteiger partial charge >= 0.3 is 0 Å². The van der Waals surface area contributed by atoms with E-state index in [1.54, 1.807) is 23.7 Å². The second-order valence-electron chi connectivity index (χ2n) is 2.77. The maximum absolute atomic E-state index is 11.6. The first-order valence-corrected chi connectivity index (χ1v) is 5.68. The number of H-pyrrole nitrogens is 1. The Labute approximate surface area is 93.3 Å². The highest BCUT2D eigenvalue weighted by molar-refractivity contribution is 9.10. The molecule has 0 saturated carbocycles. The molecule has 0 aromatic carbocycles. The summed E-state index contributed by atoms with van der Waals surface area (Å²) in [7, 11) is 0.